The van der Waals surface area contributed by atoms with Crippen molar-refractivity contribution in [3.8, 4) is 0 Å². The number of fused-ring (bicyclic) bond motifs is 3. The fourth-order valence-corrected chi connectivity index (χ4v) is 8.13. The van der Waals surface area contributed by atoms with E-state index in [0.29, 0.717) is 12.3 Å². The molecule has 9 unspecified atom stereocenters. The maximum absolute atomic E-state index is 12.1. The van der Waals surface area contributed by atoms with Gasteiger partial charge in [-0.25, -0.2) is 0 Å². The van der Waals surface area contributed by atoms with E-state index in [1.165, 1.54) is 0 Å². The Morgan fingerprint density at radius 3 is 2.48 bits per heavy atom. The Labute approximate surface area is 149 Å². The van der Waals surface area contributed by atoms with Crippen LogP contribution in [0.25, 0.3) is 0 Å². The number of aliphatic hydroxyl groups excluding tert-OH is 3. The van der Waals surface area contributed by atoms with Gasteiger partial charge < -0.3 is 20.4 Å². The fraction of sp³-hybridized carbons (Fsp3) is 0.950. The summed E-state index contributed by atoms with van der Waals surface area (Å²) in [7, 11) is 0. The van der Waals surface area contributed by atoms with Crippen LogP contribution in [0.4, 0.5) is 0 Å². The smallest absolute Gasteiger partial charge is 0.309 e. The Hall–Kier alpha value is -0.650. The van der Waals surface area contributed by atoms with Gasteiger partial charge in [0, 0.05) is 17.9 Å². The van der Waals surface area contributed by atoms with Crippen molar-refractivity contribution < 1.29 is 25.2 Å². The predicted molar refractivity (Wildman–Crippen MR) is 91.7 cm³/mol. The molecule has 4 rings (SSSR count). The Morgan fingerprint density at radius 1 is 1.12 bits per heavy atom. The zero-order valence-corrected chi connectivity index (χ0v) is 15.3. The first-order chi connectivity index (χ1) is 11.7. The van der Waals surface area contributed by atoms with E-state index in [1.54, 1.807) is 6.92 Å². The van der Waals surface area contributed by atoms with Crippen LogP contribution in [0.5, 0.6) is 0 Å². The minimum absolute atomic E-state index is 0.148. The molecule has 0 aromatic carbocycles. The molecule has 0 aromatic heterocycles. The molecule has 4 saturated carbocycles. The van der Waals surface area contributed by atoms with Crippen molar-refractivity contribution in [2.45, 2.75) is 71.0 Å². The average Bonchev–Trinajstić information content (AvgIpc) is 2.84. The van der Waals surface area contributed by atoms with E-state index in [1.807, 2.05) is 0 Å². The highest BCUT2D eigenvalue weighted by Crippen LogP contribution is 2.72. The van der Waals surface area contributed by atoms with Crippen molar-refractivity contribution in [1.82, 2.24) is 0 Å². The van der Waals surface area contributed by atoms with Crippen molar-refractivity contribution in [2.75, 3.05) is 6.61 Å². The predicted octanol–water partition coefficient (Wildman–Crippen LogP) is 2.03. The van der Waals surface area contributed by atoms with Gasteiger partial charge in [0.15, 0.2) is 0 Å². The molecular formula is C20H32O5. The molecule has 4 aliphatic carbocycles. The largest absolute Gasteiger partial charge is 0.481 e. The van der Waals surface area contributed by atoms with Gasteiger partial charge in [-0.05, 0) is 68.6 Å². The first kappa shape index (κ1) is 17.7. The molecule has 0 heterocycles. The van der Waals surface area contributed by atoms with Crippen LogP contribution in [0.1, 0.15) is 58.8 Å². The van der Waals surface area contributed by atoms with E-state index >= 15 is 0 Å². The molecule has 1 spiro atoms. The summed E-state index contributed by atoms with van der Waals surface area (Å²) in [5, 5.41) is 42.1. The second-order valence-corrected chi connectivity index (χ2v) is 9.97. The SMILES string of the molecule is CC1(C(=O)O)CCCC2(C)C1C(O)C(O)C13CC(CO)C(CCC21)C3. The van der Waals surface area contributed by atoms with Gasteiger partial charge >= 0.3 is 5.97 Å². The fourth-order valence-electron chi connectivity index (χ4n) is 8.13. The van der Waals surface area contributed by atoms with Crippen molar-refractivity contribution in [1.29, 1.82) is 0 Å². The molecule has 4 fully saturated rings. The minimum Gasteiger partial charge on any atom is -0.481 e. The highest BCUT2D eigenvalue weighted by molar-refractivity contribution is 5.75. The van der Waals surface area contributed by atoms with Crippen LogP contribution < -0.4 is 0 Å². The molecule has 142 valence electrons. The number of carbonyl (C=O) groups is 1. The number of aliphatic hydroxyl groups is 3. The van der Waals surface area contributed by atoms with E-state index in [9.17, 15) is 25.2 Å². The highest BCUT2D eigenvalue weighted by atomic mass is 16.4. The van der Waals surface area contributed by atoms with Gasteiger partial charge in [0.1, 0.15) is 0 Å². The van der Waals surface area contributed by atoms with Gasteiger partial charge in [-0.2, -0.15) is 0 Å². The summed E-state index contributed by atoms with van der Waals surface area (Å²) in [6.07, 6.45) is 4.12. The van der Waals surface area contributed by atoms with E-state index in [2.05, 4.69) is 6.92 Å². The van der Waals surface area contributed by atoms with Crippen molar-refractivity contribution >= 4 is 5.97 Å². The van der Waals surface area contributed by atoms with Gasteiger partial charge in [0.2, 0.25) is 0 Å². The van der Waals surface area contributed by atoms with Gasteiger partial charge in [-0.1, -0.05) is 13.3 Å². The lowest BCUT2D eigenvalue weighted by molar-refractivity contribution is -0.254. The molecule has 0 amide bonds. The number of hydrogen-bond acceptors (Lipinski definition) is 4. The van der Waals surface area contributed by atoms with E-state index < -0.39 is 29.5 Å². The normalized spacial score (nSPS) is 57.6. The summed E-state index contributed by atoms with van der Waals surface area (Å²) >= 11 is 0. The maximum atomic E-state index is 12.1. The lowest BCUT2D eigenvalue weighted by Gasteiger charge is -2.66. The Balaban J connectivity index is 1.81. The van der Waals surface area contributed by atoms with Crippen LogP contribution >= 0.6 is 0 Å². The van der Waals surface area contributed by atoms with Crippen molar-refractivity contribution in [2.24, 2.45) is 39.9 Å². The van der Waals surface area contributed by atoms with E-state index in [4.69, 9.17) is 0 Å². The number of hydrogen-bond donors (Lipinski definition) is 4. The molecule has 25 heavy (non-hydrogen) atoms. The number of carboxylic acids is 1. The standard InChI is InChI=1S/C20H32O5/c1-18-6-3-7-19(2,17(24)25)15(18)14(22)16(23)20-8-11(4-5-13(18)20)12(9-20)10-21/h11-16,21-23H,3-10H2,1-2H3,(H,24,25). The minimum atomic E-state index is -1.00. The summed E-state index contributed by atoms with van der Waals surface area (Å²) in [6.45, 7) is 4.09. The second kappa shape index (κ2) is 5.43. The molecule has 9 atom stereocenters. The van der Waals surface area contributed by atoms with Crippen molar-refractivity contribution in [3.05, 3.63) is 0 Å². The topological polar surface area (TPSA) is 98.0 Å². The third kappa shape index (κ3) is 2.03. The molecule has 5 heteroatoms. The average molecular weight is 352 g/mol. The highest BCUT2D eigenvalue weighted by Gasteiger charge is 2.71. The summed E-state index contributed by atoms with van der Waals surface area (Å²) in [6, 6.07) is 0. The zero-order chi connectivity index (χ0) is 18.2. The van der Waals surface area contributed by atoms with Gasteiger partial charge in [0.25, 0.3) is 0 Å². The van der Waals surface area contributed by atoms with Crippen LogP contribution in [0.3, 0.4) is 0 Å². The molecule has 0 aromatic rings. The first-order valence-corrected chi connectivity index (χ1v) is 9.91. The van der Waals surface area contributed by atoms with Crippen LogP contribution in [0.15, 0.2) is 0 Å². The lowest BCUT2D eigenvalue weighted by atomic mass is 9.39. The third-order valence-corrected chi connectivity index (χ3v) is 9.05. The molecule has 0 radical (unpaired) electrons. The van der Waals surface area contributed by atoms with Crippen LogP contribution in [-0.2, 0) is 4.79 Å². The molecule has 2 bridgehead atoms. The molecule has 5 nitrogen and oxygen atoms in total. The Kier molecular flexibility index (Phi) is 3.85. The van der Waals surface area contributed by atoms with Crippen LogP contribution in [0, 0.1) is 39.9 Å². The monoisotopic (exact) mass is 352 g/mol. The Morgan fingerprint density at radius 2 is 1.84 bits per heavy atom. The number of aliphatic carboxylic acids is 1. The van der Waals surface area contributed by atoms with E-state index in [-0.39, 0.29) is 29.3 Å². The van der Waals surface area contributed by atoms with Gasteiger partial charge in [0.05, 0.1) is 17.6 Å². The molecular weight excluding hydrogens is 320 g/mol. The second-order valence-electron chi connectivity index (χ2n) is 9.97. The molecule has 4 N–H and O–H groups in total. The Bertz CT molecular complexity index is 578. The zero-order valence-electron chi connectivity index (χ0n) is 15.3. The summed E-state index contributed by atoms with van der Waals surface area (Å²) in [5.74, 6) is -0.394. The number of rotatable bonds is 2. The summed E-state index contributed by atoms with van der Waals surface area (Å²) in [4.78, 5) is 12.1. The van der Waals surface area contributed by atoms with E-state index in [0.717, 1.165) is 38.5 Å². The summed E-state index contributed by atoms with van der Waals surface area (Å²) < 4.78 is 0. The first-order valence-electron chi connectivity index (χ1n) is 9.91. The van der Waals surface area contributed by atoms with Crippen LogP contribution in [0.2, 0.25) is 0 Å². The lowest BCUT2D eigenvalue weighted by Crippen LogP contribution is -2.68. The molecule has 4 aliphatic rings. The van der Waals surface area contributed by atoms with Gasteiger partial charge in [-0.3, -0.25) is 4.79 Å². The number of carboxylic acid groups (broad SMARTS) is 1. The molecule has 0 aliphatic heterocycles. The van der Waals surface area contributed by atoms with Crippen LogP contribution in [-0.4, -0.2) is 45.2 Å². The third-order valence-electron chi connectivity index (χ3n) is 9.05. The van der Waals surface area contributed by atoms with Crippen molar-refractivity contribution in [3.63, 3.8) is 0 Å². The molecule has 0 saturated heterocycles. The summed E-state index contributed by atoms with van der Waals surface area (Å²) in [5.41, 5.74) is -1.60. The maximum Gasteiger partial charge on any atom is 0.309 e. The van der Waals surface area contributed by atoms with Gasteiger partial charge in [-0.15, -0.1) is 0 Å². The quantitative estimate of drug-likeness (QED) is 0.610.